The molecule has 0 atom stereocenters. The third-order valence-corrected chi connectivity index (χ3v) is 2.72. The highest BCUT2D eigenvalue weighted by molar-refractivity contribution is 5.84. The van der Waals surface area contributed by atoms with Crippen LogP contribution in [0.2, 0.25) is 0 Å². The van der Waals surface area contributed by atoms with Crippen molar-refractivity contribution in [3.63, 3.8) is 0 Å². The van der Waals surface area contributed by atoms with Gasteiger partial charge in [0.15, 0.2) is 6.61 Å². The SMILES string of the molecule is CCCCC(C)=NNC(=O)COc1ccccc1C. The van der Waals surface area contributed by atoms with E-state index in [-0.39, 0.29) is 12.5 Å². The molecular weight excluding hydrogens is 240 g/mol. The number of rotatable bonds is 7. The molecule has 0 spiro atoms. The number of carbonyl (C=O) groups is 1. The first kappa shape index (κ1) is 15.2. The minimum Gasteiger partial charge on any atom is -0.483 e. The van der Waals surface area contributed by atoms with Gasteiger partial charge in [-0.05, 0) is 38.3 Å². The third-order valence-electron chi connectivity index (χ3n) is 2.72. The number of amides is 1. The van der Waals surface area contributed by atoms with Gasteiger partial charge < -0.3 is 4.74 Å². The maximum atomic E-state index is 11.6. The normalized spacial score (nSPS) is 11.2. The summed E-state index contributed by atoms with van der Waals surface area (Å²) in [5, 5.41) is 4.03. The average molecular weight is 262 g/mol. The number of hydrogen-bond donors (Lipinski definition) is 1. The van der Waals surface area contributed by atoms with Crippen LogP contribution in [0.5, 0.6) is 5.75 Å². The van der Waals surface area contributed by atoms with Gasteiger partial charge in [0.1, 0.15) is 5.75 Å². The first-order valence-corrected chi connectivity index (χ1v) is 6.64. The first-order chi connectivity index (χ1) is 9.13. The second-order valence-electron chi connectivity index (χ2n) is 4.54. The predicted octanol–water partition coefficient (Wildman–Crippen LogP) is 3.06. The monoisotopic (exact) mass is 262 g/mol. The van der Waals surface area contributed by atoms with Crippen LogP contribution in [0.15, 0.2) is 29.4 Å². The maximum Gasteiger partial charge on any atom is 0.277 e. The number of unbranched alkanes of at least 4 members (excludes halogenated alkanes) is 1. The van der Waals surface area contributed by atoms with E-state index in [1.54, 1.807) is 0 Å². The summed E-state index contributed by atoms with van der Waals surface area (Å²) in [5.74, 6) is 0.489. The Hall–Kier alpha value is -1.84. The van der Waals surface area contributed by atoms with E-state index in [1.807, 2.05) is 38.1 Å². The lowest BCUT2D eigenvalue weighted by molar-refractivity contribution is -0.123. The summed E-state index contributed by atoms with van der Waals surface area (Å²) in [5.41, 5.74) is 4.45. The average Bonchev–Trinajstić information content (AvgIpc) is 2.42. The van der Waals surface area contributed by atoms with Gasteiger partial charge in [-0.3, -0.25) is 4.79 Å². The Morgan fingerprint density at radius 3 is 2.79 bits per heavy atom. The van der Waals surface area contributed by atoms with Crippen LogP contribution in [0.25, 0.3) is 0 Å². The fraction of sp³-hybridized carbons (Fsp3) is 0.467. The molecule has 0 saturated carbocycles. The molecule has 4 heteroatoms. The van der Waals surface area contributed by atoms with E-state index in [9.17, 15) is 4.79 Å². The number of carbonyl (C=O) groups excluding carboxylic acids is 1. The van der Waals surface area contributed by atoms with E-state index in [1.165, 1.54) is 0 Å². The Balaban J connectivity index is 2.34. The molecule has 0 bridgehead atoms. The summed E-state index contributed by atoms with van der Waals surface area (Å²) >= 11 is 0. The zero-order valence-electron chi connectivity index (χ0n) is 11.9. The van der Waals surface area contributed by atoms with E-state index in [2.05, 4.69) is 17.5 Å². The highest BCUT2D eigenvalue weighted by Gasteiger charge is 2.03. The summed E-state index contributed by atoms with van der Waals surface area (Å²) in [6.45, 7) is 5.97. The van der Waals surface area contributed by atoms with Gasteiger partial charge in [-0.25, -0.2) is 5.43 Å². The first-order valence-electron chi connectivity index (χ1n) is 6.64. The number of nitrogens with one attached hydrogen (secondary N) is 1. The van der Waals surface area contributed by atoms with Crippen LogP contribution in [0.4, 0.5) is 0 Å². The number of aryl methyl sites for hydroxylation is 1. The lowest BCUT2D eigenvalue weighted by Crippen LogP contribution is -2.25. The number of para-hydroxylation sites is 1. The van der Waals surface area contributed by atoms with Crippen molar-refractivity contribution < 1.29 is 9.53 Å². The summed E-state index contributed by atoms with van der Waals surface area (Å²) in [6, 6.07) is 7.61. The van der Waals surface area contributed by atoms with Crippen molar-refractivity contribution in [1.29, 1.82) is 0 Å². The summed E-state index contributed by atoms with van der Waals surface area (Å²) in [4.78, 5) is 11.6. The number of nitrogens with zero attached hydrogens (tertiary/aromatic N) is 1. The minimum absolute atomic E-state index is 0.0184. The van der Waals surface area contributed by atoms with Crippen molar-refractivity contribution in [3.05, 3.63) is 29.8 Å². The van der Waals surface area contributed by atoms with Gasteiger partial charge in [-0.2, -0.15) is 5.10 Å². The zero-order chi connectivity index (χ0) is 14.1. The Kier molecular flexibility index (Phi) is 6.64. The van der Waals surface area contributed by atoms with Crippen LogP contribution < -0.4 is 10.2 Å². The largest absolute Gasteiger partial charge is 0.483 e. The number of ether oxygens (including phenoxy) is 1. The van der Waals surface area contributed by atoms with Crippen LogP contribution >= 0.6 is 0 Å². The van der Waals surface area contributed by atoms with Gasteiger partial charge in [0, 0.05) is 5.71 Å². The summed E-state index contributed by atoms with van der Waals surface area (Å²) < 4.78 is 5.43. The molecule has 0 aliphatic carbocycles. The topological polar surface area (TPSA) is 50.7 Å². The van der Waals surface area contributed by atoms with E-state index in [0.29, 0.717) is 0 Å². The van der Waals surface area contributed by atoms with Gasteiger partial charge in [0.05, 0.1) is 0 Å². The molecule has 1 rings (SSSR count). The predicted molar refractivity (Wildman–Crippen MR) is 77.5 cm³/mol. The quantitative estimate of drug-likeness (QED) is 0.606. The van der Waals surface area contributed by atoms with Crippen LogP contribution in [-0.2, 0) is 4.79 Å². The number of hydrogen-bond acceptors (Lipinski definition) is 3. The molecule has 0 heterocycles. The van der Waals surface area contributed by atoms with Crippen LogP contribution in [0.3, 0.4) is 0 Å². The molecule has 0 unspecified atom stereocenters. The molecule has 1 aromatic rings. The highest BCUT2D eigenvalue weighted by Crippen LogP contribution is 2.15. The molecule has 0 fully saturated rings. The molecule has 1 amide bonds. The number of hydrazone groups is 1. The Bertz CT molecular complexity index is 442. The molecule has 0 aliphatic heterocycles. The van der Waals surface area contributed by atoms with E-state index >= 15 is 0 Å². The molecule has 1 aromatic carbocycles. The van der Waals surface area contributed by atoms with Crippen molar-refractivity contribution in [3.8, 4) is 5.75 Å². The molecule has 19 heavy (non-hydrogen) atoms. The molecule has 0 radical (unpaired) electrons. The van der Waals surface area contributed by atoms with E-state index < -0.39 is 0 Å². The molecule has 0 aliphatic rings. The summed E-state index contributed by atoms with van der Waals surface area (Å²) in [6.07, 6.45) is 3.12. The number of benzene rings is 1. The van der Waals surface area contributed by atoms with Gasteiger partial charge in [-0.1, -0.05) is 31.5 Å². The van der Waals surface area contributed by atoms with Crippen molar-refractivity contribution in [2.24, 2.45) is 5.10 Å². The van der Waals surface area contributed by atoms with Crippen LogP contribution in [0, 0.1) is 6.92 Å². The Labute approximate surface area is 114 Å². The van der Waals surface area contributed by atoms with Gasteiger partial charge >= 0.3 is 0 Å². The van der Waals surface area contributed by atoms with Crippen molar-refractivity contribution in [2.45, 2.75) is 40.0 Å². The lowest BCUT2D eigenvalue weighted by atomic mass is 10.2. The second-order valence-corrected chi connectivity index (χ2v) is 4.54. The van der Waals surface area contributed by atoms with Gasteiger partial charge in [0.2, 0.25) is 0 Å². The smallest absolute Gasteiger partial charge is 0.277 e. The van der Waals surface area contributed by atoms with E-state index in [4.69, 9.17) is 4.74 Å². The van der Waals surface area contributed by atoms with Gasteiger partial charge in [-0.15, -0.1) is 0 Å². The third kappa shape index (κ3) is 6.04. The Morgan fingerprint density at radius 2 is 2.11 bits per heavy atom. The van der Waals surface area contributed by atoms with Crippen LogP contribution in [0.1, 0.15) is 38.7 Å². The molecular formula is C15H22N2O2. The lowest BCUT2D eigenvalue weighted by Gasteiger charge is -2.07. The Morgan fingerprint density at radius 1 is 1.37 bits per heavy atom. The highest BCUT2D eigenvalue weighted by atomic mass is 16.5. The molecule has 1 N–H and O–H groups in total. The molecule has 0 saturated heterocycles. The van der Waals surface area contributed by atoms with Crippen molar-refractivity contribution >= 4 is 11.6 Å². The van der Waals surface area contributed by atoms with Gasteiger partial charge in [0.25, 0.3) is 5.91 Å². The fourth-order valence-corrected chi connectivity index (χ4v) is 1.54. The second kappa shape index (κ2) is 8.29. The molecule has 4 nitrogen and oxygen atoms in total. The van der Waals surface area contributed by atoms with Crippen LogP contribution in [-0.4, -0.2) is 18.2 Å². The maximum absolute atomic E-state index is 11.6. The van der Waals surface area contributed by atoms with Crippen molar-refractivity contribution in [1.82, 2.24) is 5.43 Å². The summed E-state index contributed by atoms with van der Waals surface area (Å²) in [7, 11) is 0. The molecule has 104 valence electrons. The zero-order valence-corrected chi connectivity index (χ0v) is 11.9. The van der Waals surface area contributed by atoms with E-state index in [0.717, 1.165) is 36.3 Å². The van der Waals surface area contributed by atoms with Crippen molar-refractivity contribution in [2.75, 3.05) is 6.61 Å². The molecule has 0 aromatic heterocycles. The standard InChI is InChI=1S/C15H22N2O2/c1-4-5-9-13(3)16-17-15(18)11-19-14-10-7-6-8-12(14)2/h6-8,10H,4-5,9,11H2,1-3H3,(H,17,18). The minimum atomic E-state index is -0.237. The fourth-order valence-electron chi connectivity index (χ4n) is 1.54.